The van der Waals surface area contributed by atoms with Crippen molar-refractivity contribution in [2.45, 2.75) is 12.8 Å². The van der Waals surface area contributed by atoms with Crippen molar-refractivity contribution in [3.8, 4) is 0 Å². The van der Waals surface area contributed by atoms with Crippen molar-refractivity contribution in [1.29, 1.82) is 0 Å². The summed E-state index contributed by atoms with van der Waals surface area (Å²) in [6, 6.07) is 0. The van der Waals surface area contributed by atoms with Crippen LogP contribution in [0.25, 0.3) is 0 Å². The fourth-order valence-corrected chi connectivity index (χ4v) is 2.71. The molecule has 2 rings (SSSR count). The molecule has 0 saturated carbocycles. The summed E-state index contributed by atoms with van der Waals surface area (Å²) in [7, 11) is 0. The van der Waals surface area contributed by atoms with Crippen molar-refractivity contribution in [2.75, 3.05) is 0 Å². The van der Waals surface area contributed by atoms with Gasteiger partial charge in [0.1, 0.15) is 0 Å². The first-order chi connectivity index (χ1) is 8.55. The number of hydrogen-bond acceptors (Lipinski definition) is 2. The number of allylic oxidation sites excluding steroid dienone is 6. The van der Waals surface area contributed by atoms with Crippen molar-refractivity contribution < 1.29 is 9.59 Å². The van der Waals surface area contributed by atoms with Gasteiger partial charge in [0.05, 0.1) is 10.8 Å². The van der Waals surface area contributed by atoms with E-state index in [9.17, 15) is 9.59 Å². The molecule has 2 amide bonds. The first-order valence-corrected chi connectivity index (χ1v) is 5.84. The highest BCUT2D eigenvalue weighted by atomic mass is 16.2. The SMILES string of the molecule is NC(=O)[C@@]1([C@]2(C(N)=O)C=CC=CC2)C=CC=CC1. The van der Waals surface area contributed by atoms with Crippen molar-refractivity contribution in [3.05, 3.63) is 48.6 Å². The second kappa shape index (κ2) is 4.29. The summed E-state index contributed by atoms with van der Waals surface area (Å²) < 4.78 is 0. The zero-order valence-corrected chi connectivity index (χ0v) is 10.0. The minimum Gasteiger partial charge on any atom is -0.369 e. The van der Waals surface area contributed by atoms with Crippen LogP contribution in [-0.2, 0) is 9.59 Å². The Morgan fingerprint density at radius 3 is 1.39 bits per heavy atom. The fraction of sp³-hybridized carbons (Fsp3) is 0.286. The molecule has 0 fully saturated rings. The summed E-state index contributed by atoms with van der Waals surface area (Å²) in [6.45, 7) is 0. The van der Waals surface area contributed by atoms with E-state index in [2.05, 4.69) is 0 Å². The Bertz CT molecular complexity index is 456. The minimum absolute atomic E-state index is 0.389. The van der Waals surface area contributed by atoms with Crippen molar-refractivity contribution in [1.82, 2.24) is 0 Å². The van der Waals surface area contributed by atoms with E-state index in [0.717, 1.165) is 0 Å². The molecule has 2 aliphatic rings. The van der Waals surface area contributed by atoms with Crippen LogP contribution in [0.2, 0.25) is 0 Å². The van der Waals surface area contributed by atoms with Crippen LogP contribution in [0.4, 0.5) is 0 Å². The lowest BCUT2D eigenvalue weighted by atomic mass is 9.57. The highest BCUT2D eigenvalue weighted by molar-refractivity contribution is 5.95. The summed E-state index contributed by atoms with van der Waals surface area (Å²) in [4.78, 5) is 23.9. The molecule has 0 radical (unpaired) electrons. The van der Waals surface area contributed by atoms with E-state index >= 15 is 0 Å². The zero-order chi connectivity index (χ0) is 13.2. The van der Waals surface area contributed by atoms with Crippen molar-refractivity contribution in [2.24, 2.45) is 22.3 Å². The van der Waals surface area contributed by atoms with Gasteiger partial charge < -0.3 is 11.5 Å². The number of primary amides is 2. The maximum absolute atomic E-state index is 12.0. The van der Waals surface area contributed by atoms with Crippen LogP contribution in [0.3, 0.4) is 0 Å². The molecule has 0 unspecified atom stereocenters. The average Bonchev–Trinajstić information content (AvgIpc) is 2.40. The molecule has 0 bridgehead atoms. The lowest BCUT2D eigenvalue weighted by molar-refractivity contribution is -0.141. The van der Waals surface area contributed by atoms with Crippen LogP contribution in [0.5, 0.6) is 0 Å². The number of hydrogen-bond donors (Lipinski definition) is 2. The minimum atomic E-state index is -1.07. The van der Waals surface area contributed by atoms with Gasteiger partial charge in [0, 0.05) is 0 Å². The maximum atomic E-state index is 12.0. The molecule has 0 aromatic carbocycles. The van der Waals surface area contributed by atoms with Gasteiger partial charge in [-0.1, -0.05) is 48.6 Å². The van der Waals surface area contributed by atoms with Crippen LogP contribution in [-0.4, -0.2) is 11.8 Å². The van der Waals surface area contributed by atoms with Crippen LogP contribution >= 0.6 is 0 Å². The number of amides is 2. The third kappa shape index (κ3) is 1.53. The van der Waals surface area contributed by atoms with E-state index in [0.29, 0.717) is 12.8 Å². The van der Waals surface area contributed by atoms with Crippen LogP contribution in [0.15, 0.2) is 48.6 Å². The second-order valence-corrected chi connectivity index (χ2v) is 4.65. The van der Waals surface area contributed by atoms with Crippen LogP contribution in [0.1, 0.15) is 12.8 Å². The summed E-state index contributed by atoms with van der Waals surface area (Å²) in [6.07, 6.45) is 15.0. The molecule has 0 spiro atoms. The molecule has 4 heteroatoms. The number of carbonyl (C=O) groups is 2. The molecule has 0 aromatic rings. The molecule has 94 valence electrons. The first kappa shape index (κ1) is 12.4. The van der Waals surface area contributed by atoms with Gasteiger partial charge in [-0.3, -0.25) is 9.59 Å². The van der Waals surface area contributed by atoms with Gasteiger partial charge in [-0.05, 0) is 12.8 Å². The highest BCUT2D eigenvalue weighted by Crippen LogP contribution is 2.50. The normalized spacial score (nSPS) is 33.6. The predicted molar refractivity (Wildman–Crippen MR) is 69.0 cm³/mol. The molecular weight excluding hydrogens is 228 g/mol. The van der Waals surface area contributed by atoms with Gasteiger partial charge >= 0.3 is 0 Å². The number of carbonyl (C=O) groups excluding carboxylic acids is 2. The third-order valence-corrected chi connectivity index (χ3v) is 3.81. The van der Waals surface area contributed by atoms with Gasteiger partial charge in [0.15, 0.2) is 0 Å². The van der Waals surface area contributed by atoms with Crippen molar-refractivity contribution >= 4 is 11.8 Å². The first-order valence-electron chi connectivity index (χ1n) is 5.84. The van der Waals surface area contributed by atoms with Gasteiger partial charge in [-0.15, -0.1) is 0 Å². The van der Waals surface area contributed by atoms with Crippen LogP contribution in [0, 0.1) is 10.8 Å². The summed E-state index contributed by atoms with van der Waals surface area (Å²) in [5, 5.41) is 0. The molecule has 2 aliphatic carbocycles. The lowest BCUT2D eigenvalue weighted by Gasteiger charge is -2.44. The van der Waals surface area contributed by atoms with E-state index in [4.69, 9.17) is 11.5 Å². The highest BCUT2D eigenvalue weighted by Gasteiger charge is 2.55. The molecule has 2 atom stereocenters. The second-order valence-electron chi connectivity index (χ2n) is 4.65. The number of nitrogens with two attached hydrogens (primary N) is 2. The predicted octanol–water partition coefficient (Wildman–Crippen LogP) is 0.962. The Kier molecular flexibility index (Phi) is 2.95. The smallest absolute Gasteiger partial charge is 0.229 e. The standard InChI is InChI=1S/C14H16N2O2/c15-11(17)13(7-3-1-4-8-13)14(12(16)18)9-5-2-6-10-14/h1-7,9H,8,10H2,(H2,15,17)(H2,16,18)/t13-,14-/m1/s1. The third-order valence-electron chi connectivity index (χ3n) is 3.81. The van der Waals surface area contributed by atoms with Gasteiger partial charge in [-0.25, -0.2) is 0 Å². The van der Waals surface area contributed by atoms with E-state index in [-0.39, 0.29) is 0 Å². The molecule has 4 N–H and O–H groups in total. The molecule has 0 aliphatic heterocycles. The van der Waals surface area contributed by atoms with Gasteiger partial charge in [0.2, 0.25) is 11.8 Å². The Morgan fingerprint density at radius 2 is 1.17 bits per heavy atom. The van der Waals surface area contributed by atoms with Crippen LogP contribution < -0.4 is 11.5 Å². The molecule has 0 aromatic heterocycles. The van der Waals surface area contributed by atoms with E-state index in [1.54, 1.807) is 24.3 Å². The molecular formula is C14H16N2O2. The average molecular weight is 244 g/mol. The largest absolute Gasteiger partial charge is 0.369 e. The maximum Gasteiger partial charge on any atom is 0.229 e. The number of rotatable bonds is 3. The zero-order valence-electron chi connectivity index (χ0n) is 10.0. The van der Waals surface area contributed by atoms with E-state index in [1.807, 2.05) is 24.3 Å². The topological polar surface area (TPSA) is 86.2 Å². The lowest BCUT2D eigenvalue weighted by Crippen LogP contribution is -2.55. The Hall–Kier alpha value is -2.10. The van der Waals surface area contributed by atoms with Gasteiger partial charge in [-0.2, -0.15) is 0 Å². The Balaban J connectivity index is 2.59. The summed E-state index contributed by atoms with van der Waals surface area (Å²) in [5.41, 5.74) is 8.98. The quantitative estimate of drug-likeness (QED) is 0.774. The molecule has 0 heterocycles. The van der Waals surface area contributed by atoms with E-state index in [1.165, 1.54) is 0 Å². The van der Waals surface area contributed by atoms with Crippen molar-refractivity contribution in [3.63, 3.8) is 0 Å². The Labute approximate surface area is 106 Å². The fourth-order valence-electron chi connectivity index (χ4n) is 2.71. The molecule has 0 saturated heterocycles. The summed E-state index contributed by atoms with van der Waals surface area (Å²) >= 11 is 0. The Morgan fingerprint density at radius 1 is 0.778 bits per heavy atom. The monoisotopic (exact) mass is 244 g/mol. The molecule has 4 nitrogen and oxygen atoms in total. The summed E-state index contributed by atoms with van der Waals surface area (Å²) in [5.74, 6) is -1.05. The molecule has 18 heavy (non-hydrogen) atoms. The van der Waals surface area contributed by atoms with E-state index < -0.39 is 22.6 Å². The van der Waals surface area contributed by atoms with Gasteiger partial charge in [0.25, 0.3) is 0 Å².